The van der Waals surface area contributed by atoms with Crippen LogP contribution in [0.4, 0.5) is 5.69 Å². The lowest BCUT2D eigenvalue weighted by molar-refractivity contribution is -0.385. The largest absolute Gasteiger partial charge is 0.493 e. The zero-order valence-electron chi connectivity index (χ0n) is 10.3. The number of rotatable bonds is 6. The minimum absolute atomic E-state index is 0.0218. The third-order valence-electron chi connectivity index (χ3n) is 2.29. The van der Waals surface area contributed by atoms with Gasteiger partial charge in [-0.1, -0.05) is 15.9 Å². The number of carboxylic acid groups (broad SMARTS) is 1. The molecule has 0 aliphatic carbocycles. The first-order valence-electron chi connectivity index (χ1n) is 5.21. The molecule has 19 heavy (non-hydrogen) atoms. The Morgan fingerprint density at radius 3 is 2.58 bits per heavy atom. The summed E-state index contributed by atoms with van der Waals surface area (Å²) in [5, 5.41) is 19.5. The highest BCUT2D eigenvalue weighted by molar-refractivity contribution is 9.09. The molecule has 1 N–H and O–H groups in total. The van der Waals surface area contributed by atoms with Gasteiger partial charge in [0, 0.05) is 10.4 Å². The van der Waals surface area contributed by atoms with Crippen molar-refractivity contribution >= 4 is 27.6 Å². The van der Waals surface area contributed by atoms with Crippen molar-refractivity contribution in [2.24, 2.45) is 0 Å². The molecular formula is C11H12BrNO6. The monoisotopic (exact) mass is 333 g/mol. The van der Waals surface area contributed by atoms with E-state index in [1.807, 2.05) is 0 Å². The summed E-state index contributed by atoms with van der Waals surface area (Å²) in [7, 11) is 1.37. The highest BCUT2D eigenvalue weighted by Crippen LogP contribution is 2.39. The number of nitro groups is 1. The average molecular weight is 334 g/mol. The fraction of sp³-hybridized carbons (Fsp3) is 0.364. The lowest BCUT2D eigenvalue weighted by atomic mass is 10.1. The SMILES string of the molecule is COc1cc(C(C)Br)c([N+](=O)[O-])cc1OCC(=O)O. The van der Waals surface area contributed by atoms with Crippen LogP contribution in [0.3, 0.4) is 0 Å². The van der Waals surface area contributed by atoms with Crippen LogP contribution in [-0.4, -0.2) is 29.7 Å². The number of hydrogen-bond acceptors (Lipinski definition) is 5. The van der Waals surface area contributed by atoms with E-state index in [9.17, 15) is 14.9 Å². The van der Waals surface area contributed by atoms with Crippen LogP contribution in [0.25, 0.3) is 0 Å². The molecule has 1 rings (SSSR count). The van der Waals surface area contributed by atoms with Gasteiger partial charge < -0.3 is 14.6 Å². The second kappa shape index (κ2) is 6.37. The molecule has 0 saturated heterocycles. The zero-order valence-corrected chi connectivity index (χ0v) is 11.8. The smallest absolute Gasteiger partial charge is 0.341 e. The van der Waals surface area contributed by atoms with Crippen LogP contribution in [0.5, 0.6) is 11.5 Å². The van der Waals surface area contributed by atoms with Crippen LogP contribution < -0.4 is 9.47 Å². The molecule has 1 aromatic rings. The van der Waals surface area contributed by atoms with E-state index in [0.29, 0.717) is 5.56 Å². The van der Waals surface area contributed by atoms with Crippen LogP contribution >= 0.6 is 15.9 Å². The fourth-order valence-electron chi connectivity index (χ4n) is 1.45. The van der Waals surface area contributed by atoms with Gasteiger partial charge >= 0.3 is 5.97 Å². The Kier molecular flexibility index (Phi) is 5.11. The molecule has 0 bridgehead atoms. The van der Waals surface area contributed by atoms with Gasteiger partial charge in [-0.15, -0.1) is 0 Å². The summed E-state index contributed by atoms with van der Waals surface area (Å²) in [6, 6.07) is 2.61. The third kappa shape index (κ3) is 3.82. The fourth-order valence-corrected chi connectivity index (χ4v) is 1.82. The normalized spacial score (nSPS) is 11.7. The van der Waals surface area contributed by atoms with Gasteiger partial charge in [0.1, 0.15) is 0 Å². The molecular weight excluding hydrogens is 322 g/mol. The number of nitro benzene ring substituents is 1. The molecule has 0 aromatic heterocycles. The van der Waals surface area contributed by atoms with Gasteiger partial charge in [0.2, 0.25) is 0 Å². The van der Waals surface area contributed by atoms with Crippen LogP contribution in [0.15, 0.2) is 12.1 Å². The summed E-state index contributed by atoms with van der Waals surface area (Å²) in [4.78, 5) is 20.6. The van der Waals surface area contributed by atoms with E-state index in [2.05, 4.69) is 15.9 Å². The van der Waals surface area contributed by atoms with Crippen molar-refractivity contribution in [3.05, 3.63) is 27.8 Å². The summed E-state index contributed by atoms with van der Waals surface area (Å²) in [6.45, 7) is 1.14. The maximum absolute atomic E-state index is 11.0. The minimum atomic E-state index is -1.18. The first-order valence-corrected chi connectivity index (χ1v) is 6.13. The van der Waals surface area contributed by atoms with E-state index in [1.54, 1.807) is 6.92 Å². The molecule has 7 nitrogen and oxygen atoms in total. The number of methoxy groups -OCH3 is 1. The Balaban J connectivity index is 3.27. The molecule has 1 unspecified atom stereocenters. The van der Waals surface area contributed by atoms with E-state index < -0.39 is 17.5 Å². The van der Waals surface area contributed by atoms with Crippen molar-refractivity contribution in [1.29, 1.82) is 0 Å². The van der Waals surface area contributed by atoms with Gasteiger partial charge in [-0.2, -0.15) is 0 Å². The predicted molar refractivity (Wildman–Crippen MR) is 70.1 cm³/mol. The van der Waals surface area contributed by atoms with Crippen molar-refractivity contribution in [1.82, 2.24) is 0 Å². The van der Waals surface area contributed by atoms with Gasteiger partial charge in [0.05, 0.1) is 18.1 Å². The van der Waals surface area contributed by atoms with Gasteiger partial charge in [-0.05, 0) is 13.0 Å². The number of carboxylic acids is 1. The highest BCUT2D eigenvalue weighted by Gasteiger charge is 2.22. The molecule has 1 aromatic carbocycles. The topological polar surface area (TPSA) is 98.9 Å². The summed E-state index contributed by atoms with van der Waals surface area (Å²) in [6.07, 6.45) is 0. The van der Waals surface area contributed by atoms with E-state index >= 15 is 0 Å². The van der Waals surface area contributed by atoms with Crippen molar-refractivity contribution in [3.8, 4) is 11.5 Å². The maximum atomic E-state index is 11.0. The molecule has 0 radical (unpaired) electrons. The summed E-state index contributed by atoms with van der Waals surface area (Å²) >= 11 is 3.26. The van der Waals surface area contributed by atoms with Crippen molar-refractivity contribution < 1.29 is 24.3 Å². The molecule has 0 fully saturated rings. The number of hydrogen-bond donors (Lipinski definition) is 1. The van der Waals surface area contributed by atoms with Gasteiger partial charge in [-0.25, -0.2) is 4.79 Å². The van der Waals surface area contributed by atoms with Gasteiger partial charge in [0.25, 0.3) is 5.69 Å². The summed E-state index contributed by atoms with van der Waals surface area (Å²) < 4.78 is 10.0. The van der Waals surface area contributed by atoms with E-state index in [1.165, 1.54) is 13.2 Å². The molecule has 0 amide bonds. The number of nitrogens with zero attached hydrogens (tertiary/aromatic N) is 1. The number of aliphatic carboxylic acids is 1. The van der Waals surface area contributed by atoms with E-state index in [-0.39, 0.29) is 22.0 Å². The van der Waals surface area contributed by atoms with E-state index in [0.717, 1.165) is 6.07 Å². The molecule has 0 spiro atoms. The van der Waals surface area contributed by atoms with Crippen molar-refractivity contribution in [2.45, 2.75) is 11.8 Å². The van der Waals surface area contributed by atoms with Crippen molar-refractivity contribution in [3.63, 3.8) is 0 Å². The number of benzene rings is 1. The van der Waals surface area contributed by atoms with Gasteiger partial charge in [-0.3, -0.25) is 10.1 Å². The molecule has 8 heteroatoms. The average Bonchev–Trinajstić information content (AvgIpc) is 2.34. The lowest BCUT2D eigenvalue weighted by Crippen LogP contribution is -2.10. The molecule has 104 valence electrons. The Bertz CT molecular complexity index is 502. The molecule has 0 heterocycles. The lowest BCUT2D eigenvalue weighted by Gasteiger charge is -2.12. The minimum Gasteiger partial charge on any atom is -0.493 e. The molecule has 0 aliphatic rings. The Labute approximate surface area is 117 Å². The van der Waals surface area contributed by atoms with Crippen LogP contribution in [-0.2, 0) is 4.79 Å². The Hall–Kier alpha value is -1.83. The second-order valence-electron chi connectivity index (χ2n) is 3.62. The van der Waals surface area contributed by atoms with Crippen LogP contribution in [0.2, 0.25) is 0 Å². The van der Waals surface area contributed by atoms with Crippen molar-refractivity contribution in [2.75, 3.05) is 13.7 Å². The first kappa shape index (κ1) is 15.2. The highest BCUT2D eigenvalue weighted by atomic mass is 79.9. The zero-order chi connectivity index (χ0) is 14.6. The first-order chi connectivity index (χ1) is 8.86. The number of carbonyl (C=O) groups is 1. The van der Waals surface area contributed by atoms with Gasteiger partial charge in [0.15, 0.2) is 18.1 Å². The molecule has 0 saturated carbocycles. The standard InChI is InChI=1S/C11H12BrNO6/c1-6(12)7-3-9(18-2)10(19-5-11(14)15)4-8(7)13(16)17/h3-4,6H,5H2,1-2H3,(H,14,15). The van der Waals surface area contributed by atoms with E-state index in [4.69, 9.17) is 14.6 Å². The predicted octanol–water partition coefficient (Wildman–Crippen LogP) is 2.52. The Morgan fingerprint density at radius 1 is 1.53 bits per heavy atom. The maximum Gasteiger partial charge on any atom is 0.341 e. The number of alkyl halides is 1. The summed E-state index contributed by atoms with van der Waals surface area (Å²) in [5.74, 6) is -0.913. The number of ether oxygens (including phenoxy) is 2. The number of halogens is 1. The second-order valence-corrected chi connectivity index (χ2v) is 4.99. The third-order valence-corrected chi connectivity index (χ3v) is 2.78. The van der Waals surface area contributed by atoms with Crippen LogP contribution in [0.1, 0.15) is 17.3 Å². The quantitative estimate of drug-likeness (QED) is 0.488. The molecule has 1 atom stereocenters. The molecule has 0 aliphatic heterocycles. The summed E-state index contributed by atoms with van der Waals surface area (Å²) in [5.41, 5.74) is 0.259. The van der Waals surface area contributed by atoms with Crippen LogP contribution in [0, 0.1) is 10.1 Å². The Morgan fingerprint density at radius 2 is 2.16 bits per heavy atom.